The van der Waals surface area contributed by atoms with Gasteiger partial charge in [-0.2, -0.15) is 0 Å². The summed E-state index contributed by atoms with van der Waals surface area (Å²) in [5.74, 6) is 0.0129. The molecule has 0 amide bonds. The molecule has 0 heterocycles. The topological polar surface area (TPSA) is 66.8 Å². The Kier molecular flexibility index (Phi) is 8.89. The Morgan fingerprint density at radius 1 is 1.26 bits per heavy atom. The van der Waals surface area contributed by atoms with E-state index in [0.29, 0.717) is 18.8 Å². The molecule has 0 aromatic heterocycles. The quantitative estimate of drug-likeness (QED) is 0.473. The van der Waals surface area contributed by atoms with Gasteiger partial charge in [-0.1, -0.05) is 33.8 Å². The van der Waals surface area contributed by atoms with Crippen LogP contribution in [0.1, 0.15) is 47.0 Å². The fourth-order valence-electron chi connectivity index (χ4n) is 1.75. The number of aliphatic hydroxyl groups excluding tert-OH is 2. The van der Waals surface area contributed by atoms with Crippen molar-refractivity contribution in [3.05, 3.63) is 12.7 Å². The van der Waals surface area contributed by atoms with Crippen molar-refractivity contribution >= 4 is 5.78 Å². The Balaban J connectivity index is 4.53. The fraction of sp³-hybridized carbons (Fsp3) is 0.800. The van der Waals surface area contributed by atoms with E-state index in [4.69, 9.17) is 4.74 Å². The summed E-state index contributed by atoms with van der Waals surface area (Å²) in [5, 5.41) is 19.3. The largest absolute Gasteiger partial charge is 0.393 e. The minimum atomic E-state index is -0.974. The van der Waals surface area contributed by atoms with Gasteiger partial charge in [-0.3, -0.25) is 4.79 Å². The van der Waals surface area contributed by atoms with Gasteiger partial charge in [-0.05, 0) is 31.8 Å². The average molecular weight is 272 g/mol. The van der Waals surface area contributed by atoms with Crippen LogP contribution in [-0.2, 0) is 9.53 Å². The molecule has 112 valence electrons. The molecule has 0 saturated carbocycles. The predicted molar refractivity (Wildman–Crippen MR) is 75.6 cm³/mol. The van der Waals surface area contributed by atoms with Crippen LogP contribution in [0.3, 0.4) is 0 Å². The Bertz CT molecular complexity index is 275. The molecule has 0 aliphatic rings. The molecule has 19 heavy (non-hydrogen) atoms. The number of carbonyl (C=O) groups is 1. The van der Waals surface area contributed by atoms with Crippen molar-refractivity contribution in [2.45, 2.75) is 65.5 Å². The van der Waals surface area contributed by atoms with E-state index in [1.807, 2.05) is 20.8 Å². The normalized spacial score (nSPS) is 19.3. The maximum absolute atomic E-state index is 11.7. The lowest BCUT2D eigenvalue weighted by atomic mass is 9.93. The van der Waals surface area contributed by atoms with Crippen molar-refractivity contribution < 1.29 is 19.7 Å². The summed E-state index contributed by atoms with van der Waals surface area (Å²) >= 11 is 0. The molecule has 2 N–H and O–H groups in total. The van der Waals surface area contributed by atoms with Gasteiger partial charge in [0.2, 0.25) is 0 Å². The van der Waals surface area contributed by atoms with Gasteiger partial charge in [0.1, 0.15) is 6.10 Å². The Morgan fingerprint density at radius 2 is 1.84 bits per heavy atom. The minimum absolute atomic E-state index is 0.0448. The summed E-state index contributed by atoms with van der Waals surface area (Å²) in [7, 11) is 0. The summed E-state index contributed by atoms with van der Waals surface area (Å²) < 4.78 is 5.46. The standard InChI is InChI=1S/C15H28O4/c1-6-10(3)12(5)15(18)19-14(13(17)7-2)9-8-11(4)16/h7,10-12,14-16,18H,2,6,8-9H2,1,3-5H3. The maximum atomic E-state index is 11.7. The van der Waals surface area contributed by atoms with Gasteiger partial charge < -0.3 is 14.9 Å². The van der Waals surface area contributed by atoms with Gasteiger partial charge >= 0.3 is 0 Å². The second kappa shape index (κ2) is 9.23. The first-order chi connectivity index (χ1) is 8.83. The van der Waals surface area contributed by atoms with E-state index in [1.165, 1.54) is 6.08 Å². The molecule has 5 unspecified atom stereocenters. The molecule has 0 aromatic carbocycles. The van der Waals surface area contributed by atoms with E-state index in [9.17, 15) is 15.0 Å². The van der Waals surface area contributed by atoms with Crippen LogP contribution in [0.4, 0.5) is 0 Å². The lowest BCUT2D eigenvalue weighted by Crippen LogP contribution is -2.34. The monoisotopic (exact) mass is 272 g/mol. The lowest BCUT2D eigenvalue weighted by Gasteiger charge is -2.27. The number of hydrogen-bond acceptors (Lipinski definition) is 4. The second-order valence-corrected chi connectivity index (χ2v) is 5.29. The molecule has 0 rings (SSSR count). The Labute approximate surface area is 116 Å². The number of ketones is 1. The Hall–Kier alpha value is -0.710. The van der Waals surface area contributed by atoms with E-state index >= 15 is 0 Å². The first-order valence-electron chi connectivity index (χ1n) is 7.01. The van der Waals surface area contributed by atoms with E-state index < -0.39 is 18.5 Å². The highest BCUT2D eigenvalue weighted by atomic mass is 16.6. The van der Waals surface area contributed by atoms with E-state index in [2.05, 4.69) is 6.58 Å². The molecule has 0 bridgehead atoms. The first-order valence-corrected chi connectivity index (χ1v) is 7.01. The minimum Gasteiger partial charge on any atom is -0.393 e. The molecule has 0 radical (unpaired) electrons. The number of ether oxygens (including phenoxy) is 1. The molecule has 0 spiro atoms. The van der Waals surface area contributed by atoms with Gasteiger partial charge in [0.05, 0.1) is 6.10 Å². The zero-order valence-corrected chi connectivity index (χ0v) is 12.5. The molecule has 0 saturated heterocycles. The summed E-state index contributed by atoms with van der Waals surface area (Å²) in [6, 6.07) is 0. The third kappa shape index (κ3) is 6.85. The summed E-state index contributed by atoms with van der Waals surface area (Å²) in [6.07, 6.45) is 0.781. The van der Waals surface area contributed by atoms with Crippen LogP contribution >= 0.6 is 0 Å². The molecule has 4 nitrogen and oxygen atoms in total. The average Bonchev–Trinajstić information content (AvgIpc) is 2.39. The van der Waals surface area contributed by atoms with Crippen LogP contribution in [0.2, 0.25) is 0 Å². The van der Waals surface area contributed by atoms with Crippen molar-refractivity contribution in [2.24, 2.45) is 11.8 Å². The molecule has 0 aliphatic heterocycles. The lowest BCUT2D eigenvalue weighted by molar-refractivity contribution is -0.178. The summed E-state index contributed by atoms with van der Waals surface area (Å²) in [6.45, 7) is 11.1. The molecular weight excluding hydrogens is 244 g/mol. The van der Waals surface area contributed by atoms with Crippen molar-refractivity contribution in [1.82, 2.24) is 0 Å². The van der Waals surface area contributed by atoms with Crippen LogP contribution in [-0.4, -0.2) is 34.5 Å². The molecule has 5 atom stereocenters. The molecule has 0 fully saturated rings. The van der Waals surface area contributed by atoms with Crippen molar-refractivity contribution in [3.8, 4) is 0 Å². The van der Waals surface area contributed by atoms with Gasteiger partial charge in [0, 0.05) is 5.92 Å². The van der Waals surface area contributed by atoms with Gasteiger partial charge in [0.25, 0.3) is 0 Å². The third-order valence-electron chi connectivity index (χ3n) is 3.66. The van der Waals surface area contributed by atoms with Crippen LogP contribution in [0.5, 0.6) is 0 Å². The number of carbonyl (C=O) groups excluding carboxylic acids is 1. The number of aliphatic hydroxyl groups is 2. The molecule has 0 aromatic rings. The van der Waals surface area contributed by atoms with E-state index in [1.54, 1.807) is 6.92 Å². The zero-order chi connectivity index (χ0) is 15.0. The summed E-state index contributed by atoms with van der Waals surface area (Å²) in [5.41, 5.74) is 0. The van der Waals surface area contributed by atoms with Crippen LogP contribution in [0.15, 0.2) is 12.7 Å². The summed E-state index contributed by atoms with van der Waals surface area (Å²) in [4.78, 5) is 11.7. The third-order valence-corrected chi connectivity index (χ3v) is 3.66. The van der Waals surface area contributed by atoms with Crippen molar-refractivity contribution in [1.29, 1.82) is 0 Å². The highest BCUT2D eigenvalue weighted by Crippen LogP contribution is 2.21. The predicted octanol–water partition coefficient (Wildman–Crippen LogP) is 2.29. The van der Waals surface area contributed by atoms with Crippen molar-refractivity contribution in [3.63, 3.8) is 0 Å². The van der Waals surface area contributed by atoms with E-state index in [-0.39, 0.29) is 11.7 Å². The van der Waals surface area contributed by atoms with Crippen LogP contribution < -0.4 is 0 Å². The maximum Gasteiger partial charge on any atom is 0.183 e. The van der Waals surface area contributed by atoms with Gasteiger partial charge in [-0.15, -0.1) is 0 Å². The fourth-order valence-corrected chi connectivity index (χ4v) is 1.75. The highest BCUT2D eigenvalue weighted by Gasteiger charge is 2.26. The SMILES string of the molecule is C=CC(=O)C(CCC(C)O)OC(O)C(C)C(C)CC. The van der Waals surface area contributed by atoms with Crippen molar-refractivity contribution in [2.75, 3.05) is 0 Å². The van der Waals surface area contributed by atoms with E-state index in [0.717, 1.165) is 6.42 Å². The van der Waals surface area contributed by atoms with Crippen LogP contribution in [0.25, 0.3) is 0 Å². The smallest absolute Gasteiger partial charge is 0.183 e. The second-order valence-electron chi connectivity index (χ2n) is 5.29. The zero-order valence-electron chi connectivity index (χ0n) is 12.5. The first kappa shape index (κ1) is 18.3. The number of rotatable bonds is 10. The number of hydrogen-bond donors (Lipinski definition) is 2. The molecular formula is C15H28O4. The molecule has 0 aliphatic carbocycles. The van der Waals surface area contributed by atoms with Gasteiger partial charge in [-0.25, -0.2) is 0 Å². The highest BCUT2D eigenvalue weighted by molar-refractivity contribution is 5.93. The molecule has 4 heteroatoms. The van der Waals surface area contributed by atoms with Crippen LogP contribution in [0, 0.1) is 11.8 Å². The Morgan fingerprint density at radius 3 is 2.26 bits per heavy atom. The van der Waals surface area contributed by atoms with Gasteiger partial charge in [0.15, 0.2) is 12.1 Å².